The Kier molecular flexibility index (Phi) is 2.88. The molecule has 2 N–H and O–H groups in total. The highest BCUT2D eigenvalue weighted by molar-refractivity contribution is 9.09. The molecule has 2 rings (SSSR count). The van der Waals surface area contributed by atoms with Gasteiger partial charge in [0.1, 0.15) is 0 Å². The molecule has 1 heterocycles. The Bertz CT molecular complexity index is 535. The summed E-state index contributed by atoms with van der Waals surface area (Å²) in [7, 11) is 0. The molecule has 0 amide bonds. The average molecular weight is 268 g/mol. The summed E-state index contributed by atoms with van der Waals surface area (Å²) in [6.45, 7) is 0. The number of halogens is 1. The minimum atomic E-state index is -0.556. The van der Waals surface area contributed by atoms with Gasteiger partial charge < -0.3 is 10.1 Å². The van der Waals surface area contributed by atoms with E-state index >= 15 is 0 Å². The normalized spacial score (nSPS) is 12.9. The lowest BCUT2D eigenvalue weighted by molar-refractivity contribution is 0.207. The monoisotopic (exact) mass is 267 g/mol. The van der Waals surface area contributed by atoms with Gasteiger partial charge in [0, 0.05) is 22.3 Å². The van der Waals surface area contributed by atoms with E-state index < -0.39 is 6.10 Å². The van der Waals surface area contributed by atoms with Gasteiger partial charge in [-0.25, -0.2) is 0 Å². The third-order valence-corrected chi connectivity index (χ3v) is 2.92. The molecule has 0 spiro atoms. The van der Waals surface area contributed by atoms with Crippen molar-refractivity contribution in [2.45, 2.75) is 6.10 Å². The first-order valence-corrected chi connectivity index (χ1v) is 5.70. The van der Waals surface area contributed by atoms with Crippen molar-refractivity contribution in [1.82, 2.24) is 4.98 Å². The number of pyridine rings is 1. The van der Waals surface area contributed by atoms with E-state index in [-0.39, 0.29) is 5.56 Å². The molecular weight excluding hydrogens is 258 g/mol. The van der Waals surface area contributed by atoms with Gasteiger partial charge in [-0.05, 0) is 17.7 Å². The van der Waals surface area contributed by atoms with Crippen molar-refractivity contribution in [2.75, 3.05) is 5.33 Å². The van der Waals surface area contributed by atoms with Crippen molar-refractivity contribution in [3.63, 3.8) is 0 Å². The lowest BCUT2D eigenvalue weighted by atomic mass is 10.0. The molecule has 4 heteroatoms. The highest BCUT2D eigenvalue weighted by Gasteiger charge is 2.09. The fourth-order valence-electron chi connectivity index (χ4n) is 1.59. The van der Waals surface area contributed by atoms with Gasteiger partial charge in [0.2, 0.25) is 5.56 Å². The fourth-order valence-corrected chi connectivity index (χ4v) is 1.93. The van der Waals surface area contributed by atoms with E-state index in [1.807, 2.05) is 18.2 Å². The maximum atomic E-state index is 11.1. The number of nitrogens with one attached hydrogen (secondary N) is 1. The lowest BCUT2D eigenvalue weighted by Gasteiger charge is -2.10. The number of aromatic amines is 1. The predicted molar refractivity (Wildman–Crippen MR) is 63.3 cm³/mol. The molecule has 15 heavy (non-hydrogen) atoms. The van der Waals surface area contributed by atoms with Crippen LogP contribution in [-0.2, 0) is 0 Å². The van der Waals surface area contributed by atoms with E-state index in [4.69, 9.17) is 0 Å². The number of rotatable bonds is 2. The Morgan fingerprint density at radius 1 is 1.33 bits per heavy atom. The minimum absolute atomic E-state index is 0.131. The Labute approximate surface area is 94.9 Å². The number of fused-ring (bicyclic) bond motifs is 1. The molecule has 0 aliphatic rings. The molecule has 2 aromatic rings. The largest absolute Gasteiger partial charge is 0.388 e. The smallest absolute Gasteiger partial charge is 0.248 e. The summed E-state index contributed by atoms with van der Waals surface area (Å²) in [5.74, 6) is 0. The summed E-state index contributed by atoms with van der Waals surface area (Å²) in [5.41, 5.74) is 1.44. The summed E-state index contributed by atoms with van der Waals surface area (Å²) in [6, 6.07) is 8.69. The third kappa shape index (κ3) is 1.96. The van der Waals surface area contributed by atoms with Gasteiger partial charge in [0.25, 0.3) is 0 Å². The Morgan fingerprint density at radius 3 is 2.87 bits per heavy atom. The molecule has 0 unspecified atom stereocenters. The Morgan fingerprint density at radius 2 is 2.13 bits per heavy atom. The molecule has 0 aliphatic heterocycles. The molecule has 0 fully saturated rings. The number of benzene rings is 1. The Balaban J connectivity index is 2.71. The van der Waals surface area contributed by atoms with Crippen molar-refractivity contribution >= 4 is 26.8 Å². The van der Waals surface area contributed by atoms with Crippen LogP contribution in [0.1, 0.15) is 11.7 Å². The molecule has 78 valence electrons. The van der Waals surface area contributed by atoms with Gasteiger partial charge in [-0.3, -0.25) is 4.79 Å². The van der Waals surface area contributed by atoms with E-state index in [0.29, 0.717) is 5.33 Å². The van der Waals surface area contributed by atoms with Crippen molar-refractivity contribution < 1.29 is 5.11 Å². The van der Waals surface area contributed by atoms with Crippen LogP contribution in [0.2, 0.25) is 0 Å². The summed E-state index contributed by atoms with van der Waals surface area (Å²) < 4.78 is 0. The van der Waals surface area contributed by atoms with Gasteiger partial charge in [0.05, 0.1) is 6.10 Å². The van der Waals surface area contributed by atoms with Crippen LogP contribution in [0.4, 0.5) is 0 Å². The van der Waals surface area contributed by atoms with Crippen LogP contribution >= 0.6 is 15.9 Å². The second-order valence-electron chi connectivity index (χ2n) is 3.30. The highest BCUT2D eigenvalue weighted by Crippen LogP contribution is 2.23. The molecule has 3 nitrogen and oxygen atoms in total. The van der Waals surface area contributed by atoms with Crippen molar-refractivity contribution in [2.24, 2.45) is 0 Å². The number of hydrogen-bond donors (Lipinski definition) is 2. The number of aromatic nitrogens is 1. The van der Waals surface area contributed by atoms with E-state index in [1.54, 1.807) is 6.07 Å². The standard InChI is InChI=1S/C11H10BrNO2/c12-6-10(14)8-2-1-3-9-7(8)4-5-11(15)13-9/h1-5,10,14H,6H2,(H,13,15)/t10-/m0/s1. The second kappa shape index (κ2) is 4.16. The van der Waals surface area contributed by atoms with Crippen LogP contribution in [0.25, 0.3) is 10.9 Å². The minimum Gasteiger partial charge on any atom is -0.388 e. The number of aliphatic hydroxyl groups is 1. The van der Waals surface area contributed by atoms with Crippen LogP contribution in [0.15, 0.2) is 35.1 Å². The Hall–Kier alpha value is -1.13. The zero-order valence-corrected chi connectivity index (χ0v) is 9.49. The van der Waals surface area contributed by atoms with E-state index in [0.717, 1.165) is 16.5 Å². The average Bonchev–Trinajstić information content (AvgIpc) is 2.26. The predicted octanol–water partition coefficient (Wildman–Crippen LogP) is 1.96. The van der Waals surface area contributed by atoms with E-state index in [2.05, 4.69) is 20.9 Å². The van der Waals surface area contributed by atoms with Gasteiger partial charge in [0.15, 0.2) is 0 Å². The maximum absolute atomic E-state index is 11.1. The van der Waals surface area contributed by atoms with Crippen molar-refractivity contribution in [1.29, 1.82) is 0 Å². The summed E-state index contributed by atoms with van der Waals surface area (Å²) in [6.07, 6.45) is -0.556. The molecular formula is C11H10BrNO2. The van der Waals surface area contributed by atoms with Gasteiger partial charge in [-0.15, -0.1) is 0 Å². The SMILES string of the molecule is O=c1ccc2c([C@@H](O)CBr)cccc2[nH]1. The van der Waals surface area contributed by atoms with E-state index in [9.17, 15) is 9.90 Å². The highest BCUT2D eigenvalue weighted by atomic mass is 79.9. The first kappa shape index (κ1) is 10.4. The van der Waals surface area contributed by atoms with Crippen molar-refractivity contribution in [3.05, 3.63) is 46.2 Å². The zero-order valence-electron chi connectivity index (χ0n) is 7.90. The number of hydrogen-bond acceptors (Lipinski definition) is 2. The molecule has 0 radical (unpaired) electrons. The first-order chi connectivity index (χ1) is 7.22. The molecule has 0 saturated heterocycles. The van der Waals surface area contributed by atoms with Gasteiger partial charge >= 0.3 is 0 Å². The maximum Gasteiger partial charge on any atom is 0.248 e. The zero-order chi connectivity index (χ0) is 10.8. The summed E-state index contributed by atoms with van der Waals surface area (Å²) in [4.78, 5) is 13.8. The quantitative estimate of drug-likeness (QED) is 0.818. The molecule has 1 atom stereocenters. The second-order valence-corrected chi connectivity index (χ2v) is 3.95. The van der Waals surface area contributed by atoms with Crippen LogP contribution in [-0.4, -0.2) is 15.4 Å². The van der Waals surface area contributed by atoms with Gasteiger partial charge in [-0.1, -0.05) is 28.1 Å². The van der Waals surface area contributed by atoms with Crippen LogP contribution in [0.3, 0.4) is 0 Å². The molecule has 0 bridgehead atoms. The number of aliphatic hydroxyl groups excluding tert-OH is 1. The third-order valence-electron chi connectivity index (χ3n) is 2.30. The summed E-state index contributed by atoms with van der Waals surface area (Å²) >= 11 is 3.23. The lowest BCUT2D eigenvalue weighted by Crippen LogP contribution is -2.05. The summed E-state index contributed by atoms with van der Waals surface area (Å²) in [5, 5.41) is 11.1. The van der Waals surface area contributed by atoms with Crippen LogP contribution in [0, 0.1) is 0 Å². The van der Waals surface area contributed by atoms with E-state index in [1.165, 1.54) is 6.07 Å². The molecule has 0 aliphatic carbocycles. The number of H-pyrrole nitrogens is 1. The topological polar surface area (TPSA) is 53.1 Å². The van der Waals surface area contributed by atoms with Crippen molar-refractivity contribution in [3.8, 4) is 0 Å². The molecule has 1 aromatic carbocycles. The molecule has 0 saturated carbocycles. The number of alkyl halides is 1. The first-order valence-electron chi connectivity index (χ1n) is 4.58. The van der Waals surface area contributed by atoms with Crippen LogP contribution < -0.4 is 5.56 Å². The van der Waals surface area contributed by atoms with Crippen LogP contribution in [0.5, 0.6) is 0 Å². The molecule has 1 aromatic heterocycles. The van der Waals surface area contributed by atoms with Gasteiger partial charge in [-0.2, -0.15) is 0 Å². The fraction of sp³-hybridized carbons (Fsp3) is 0.182.